The Morgan fingerprint density at radius 3 is 2.63 bits per heavy atom. The molecule has 3 atom stereocenters. The van der Waals surface area contributed by atoms with E-state index in [0.29, 0.717) is 17.4 Å². The van der Waals surface area contributed by atoms with Gasteiger partial charge in [0, 0.05) is 24.3 Å². The van der Waals surface area contributed by atoms with Crippen molar-refractivity contribution >= 4 is 5.78 Å². The number of hydrogen-bond acceptors (Lipinski definition) is 5. The lowest BCUT2D eigenvalue weighted by molar-refractivity contribution is 0.0936. The first-order valence-electron chi connectivity index (χ1n) is 9.31. The van der Waals surface area contributed by atoms with Gasteiger partial charge in [0.25, 0.3) is 0 Å². The predicted molar refractivity (Wildman–Crippen MR) is 98.4 cm³/mol. The lowest BCUT2D eigenvalue weighted by Gasteiger charge is -2.19. The molecular weight excluding hydrogens is 347 g/mol. The third kappa shape index (κ3) is 3.95. The number of phenols is 1. The molecule has 5 nitrogen and oxygen atoms in total. The number of aromatic hydroxyl groups is 1. The van der Waals surface area contributed by atoms with Crippen LogP contribution in [0.4, 0.5) is 4.39 Å². The van der Waals surface area contributed by atoms with Crippen LogP contribution in [0.1, 0.15) is 28.9 Å². The fraction of sp³-hybridized carbons (Fsp3) is 0.429. The van der Waals surface area contributed by atoms with E-state index in [1.54, 1.807) is 6.20 Å². The summed E-state index contributed by atoms with van der Waals surface area (Å²) in [5.74, 6) is 0.552. The van der Waals surface area contributed by atoms with Gasteiger partial charge in [0.15, 0.2) is 17.3 Å². The molecule has 1 aliphatic carbocycles. The smallest absolute Gasteiger partial charge is 0.176 e. The van der Waals surface area contributed by atoms with Crippen molar-refractivity contribution in [3.8, 4) is 11.5 Å². The Morgan fingerprint density at radius 1 is 1.26 bits per heavy atom. The molecule has 1 saturated heterocycles. The summed E-state index contributed by atoms with van der Waals surface area (Å²) in [5, 5.41) is 9.25. The molecule has 2 aromatic rings. The van der Waals surface area contributed by atoms with Crippen LogP contribution in [0, 0.1) is 24.6 Å². The molecule has 27 heavy (non-hydrogen) atoms. The third-order valence-corrected chi connectivity index (χ3v) is 5.61. The second-order valence-corrected chi connectivity index (χ2v) is 7.65. The fourth-order valence-corrected chi connectivity index (χ4v) is 4.26. The number of benzene rings is 1. The SMILES string of the molecule is Cc1ccc(O[C@@H]2C[C@@H]3CN(CC(=O)c4ccc(O)c(F)c4)C[C@@H]3C2)cn1. The van der Waals surface area contributed by atoms with Crippen LogP contribution in [0.15, 0.2) is 36.5 Å². The zero-order valence-electron chi connectivity index (χ0n) is 15.3. The maximum Gasteiger partial charge on any atom is 0.176 e. The molecular formula is C21H23FN2O3. The van der Waals surface area contributed by atoms with Crippen LogP contribution in [0.5, 0.6) is 11.5 Å². The summed E-state index contributed by atoms with van der Waals surface area (Å²) in [6, 6.07) is 7.71. The number of phenolic OH excluding ortho intramolecular Hbond substituents is 1. The molecule has 142 valence electrons. The number of pyridine rings is 1. The zero-order chi connectivity index (χ0) is 19.0. The summed E-state index contributed by atoms with van der Waals surface area (Å²) in [6.45, 7) is 3.96. The molecule has 2 fully saturated rings. The van der Waals surface area contributed by atoms with Crippen LogP contribution in [-0.2, 0) is 0 Å². The number of aromatic nitrogens is 1. The molecule has 0 bridgehead atoms. The van der Waals surface area contributed by atoms with E-state index in [1.807, 2.05) is 19.1 Å². The molecule has 2 aliphatic rings. The molecule has 2 heterocycles. The van der Waals surface area contributed by atoms with Gasteiger partial charge in [-0.05, 0) is 61.9 Å². The van der Waals surface area contributed by atoms with Gasteiger partial charge < -0.3 is 9.84 Å². The van der Waals surface area contributed by atoms with E-state index < -0.39 is 11.6 Å². The van der Waals surface area contributed by atoms with E-state index in [0.717, 1.165) is 43.4 Å². The molecule has 6 heteroatoms. The maximum absolute atomic E-state index is 13.5. The number of Topliss-reactive ketones (excluding diaryl/α,β-unsaturated/α-hetero) is 1. The average Bonchev–Trinajstić information content (AvgIpc) is 3.17. The van der Waals surface area contributed by atoms with Crippen LogP contribution >= 0.6 is 0 Å². The Bertz CT molecular complexity index is 826. The minimum Gasteiger partial charge on any atom is -0.505 e. The van der Waals surface area contributed by atoms with Gasteiger partial charge in [-0.1, -0.05) is 0 Å². The van der Waals surface area contributed by atoms with Crippen molar-refractivity contribution in [1.82, 2.24) is 9.88 Å². The van der Waals surface area contributed by atoms with Crippen molar-refractivity contribution in [2.24, 2.45) is 11.8 Å². The van der Waals surface area contributed by atoms with E-state index in [2.05, 4.69) is 9.88 Å². The molecule has 4 rings (SSSR count). The molecule has 0 radical (unpaired) electrons. The summed E-state index contributed by atoms with van der Waals surface area (Å²) in [6.07, 6.45) is 3.94. The minimum absolute atomic E-state index is 0.118. The monoisotopic (exact) mass is 370 g/mol. The normalized spacial score (nSPS) is 24.7. The average molecular weight is 370 g/mol. The first kappa shape index (κ1) is 17.9. The summed E-state index contributed by atoms with van der Waals surface area (Å²) in [4.78, 5) is 18.8. The second-order valence-electron chi connectivity index (χ2n) is 7.65. The predicted octanol–water partition coefficient (Wildman–Crippen LogP) is 3.21. The van der Waals surface area contributed by atoms with Gasteiger partial charge in [-0.15, -0.1) is 0 Å². The number of halogens is 1. The number of carbonyl (C=O) groups is 1. The first-order chi connectivity index (χ1) is 13.0. The number of ether oxygens (including phenoxy) is 1. The maximum atomic E-state index is 13.5. The van der Waals surface area contributed by atoms with Gasteiger partial charge in [0.1, 0.15) is 5.75 Å². The number of fused-ring (bicyclic) bond motifs is 1. The topological polar surface area (TPSA) is 62.7 Å². The quantitative estimate of drug-likeness (QED) is 0.819. The Balaban J connectivity index is 1.30. The zero-order valence-corrected chi connectivity index (χ0v) is 15.3. The largest absolute Gasteiger partial charge is 0.505 e. The van der Waals surface area contributed by atoms with Gasteiger partial charge in [-0.3, -0.25) is 14.7 Å². The van der Waals surface area contributed by atoms with E-state index in [1.165, 1.54) is 12.1 Å². The second kappa shape index (κ2) is 7.27. The minimum atomic E-state index is -0.760. The van der Waals surface area contributed by atoms with Crippen LogP contribution in [-0.4, -0.2) is 46.5 Å². The van der Waals surface area contributed by atoms with Gasteiger partial charge in [-0.25, -0.2) is 4.39 Å². The van der Waals surface area contributed by atoms with Crippen molar-refractivity contribution in [1.29, 1.82) is 0 Å². The number of rotatable bonds is 5. The Morgan fingerprint density at radius 2 is 2.00 bits per heavy atom. The van der Waals surface area contributed by atoms with E-state index in [9.17, 15) is 14.3 Å². The summed E-state index contributed by atoms with van der Waals surface area (Å²) < 4.78 is 19.5. The van der Waals surface area contributed by atoms with Crippen molar-refractivity contribution < 1.29 is 19.0 Å². The molecule has 0 unspecified atom stereocenters. The highest BCUT2D eigenvalue weighted by Gasteiger charge is 2.42. The third-order valence-electron chi connectivity index (χ3n) is 5.61. The van der Waals surface area contributed by atoms with Gasteiger partial charge in [0.2, 0.25) is 0 Å². The Hall–Kier alpha value is -2.47. The van der Waals surface area contributed by atoms with Gasteiger partial charge in [-0.2, -0.15) is 0 Å². The van der Waals surface area contributed by atoms with E-state index in [4.69, 9.17) is 4.74 Å². The van der Waals surface area contributed by atoms with Crippen LogP contribution in [0.25, 0.3) is 0 Å². The van der Waals surface area contributed by atoms with Crippen molar-refractivity contribution in [3.05, 3.63) is 53.6 Å². The Kier molecular flexibility index (Phi) is 4.83. The van der Waals surface area contributed by atoms with Gasteiger partial charge in [0.05, 0.1) is 18.8 Å². The highest BCUT2D eigenvalue weighted by Crippen LogP contribution is 2.39. The lowest BCUT2D eigenvalue weighted by atomic mass is 10.0. The van der Waals surface area contributed by atoms with Gasteiger partial charge >= 0.3 is 0 Å². The number of hydrogen-bond donors (Lipinski definition) is 1. The molecule has 0 spiro atoms. The van der Waals surface area contributed by atoms with Crippen LogP contribution < -0.4 is 4.74 Å². The lowest BCUT2D eigenvalue weighted by Crippen LogP contribution is -2.30. The summed E-state index contributed by atoms with van der Waals surface area (Å²) in [5.41, 5.74) is 1.27. The van der Waals surface area contributed by atoms with Crippen molar-refractivity contribution in [3.63, 3.8) is 0 Å². The van der Waals surface area contributed by atoms with E-state index >= 15 is 0 Å². The molecule has 1 saturated carbocycles. The Labute approximate surface area is 157 Å². The molecule has 1 aliphatic heterocycles. The molecule has 1 N–H and O–H groups in total. The molecule has 1 aromatic heterocycles. The number of likely N-dealkylation sites (tertiary alicyclic amines) is 1. The highest BCUT2D eigenvalue weighted by molar-refractivity contribution is 5.97. The standard InChI is InChI=1S/C21H23FN2O3/c1-13-2-4-17(9-23-13)27-18-6-15-10-24(11-16(15)7-18)12-21(26)14-3-5-20(25)19(22)8-14/h2-5,8-9,15-16,18,25H,6-7,10-12H2,1H3/t15-,16+,18-. The molecule has 1 aromatic carbocycles. The molecule has 0 amide bonds. The highest BCUT2D eigenvalue weighted by atomic mass is 19.1. The summed E-state index contributed by atoms with van der Waals surface area (Å²) >= 11 is 0. The number of nitrogens with zero attached hydrogens (tertiary/aromatic N) is 2. The van der Waals surface area contributed by atoms with Crippen LogP contribution in [0.3, 0.4) is 0 Å². The number of ketones is 1. The number of aryl methyl sites for hydroxylation is 1. The van der Waals surface area contributed by atoms with E-state index in [-0.39, 0.29) is 18.4 Å². The van der Waals surface area contributed by atoms with Crippen molar-refractivity contribution in [2.45, 2.75) is 25.9 Å². The van der Waals surface area contributed by atoms with Crippen LogP contribution in [0.2, 0.25) is 0 Å². The number of carbonyl (C=O) groups excluding carboxylic acids is 1. The first-order valence-corrected chi connectivity index (χ1v) is 9.31. The summed E-state index contributed by atoms with van der Waals surface area (Å²) in [7, 11) is 0. The van der Waals surface area contributed by atoms with Crippen molar-refractivity contribution in [2.75, 3.05) is 19.6 Å². The fourth-order valence-electron chi connectivity index (χ4n) is 4.26.